The van der Waals surface area contributed by atoms with Crippen molar-refractivity contribution in [2.45, 2.75) is 49.5 Å². The Bertz CT molecular complexity index is 594. The quantitative estimate of drug-likeness (QED) is 0.930. The predicted octanol–water partition coefficient (Wildman–Crippen LogP) is 3.07. The molecule has 3 rings (SSSR count). The average Bonchev–Trinajstić information content (AvgIpc) is 3.17. The lowest BCUT2D eigenvalue weighted by molar-refractivity contribution is 0.288. The van der Waals surface area contributed by atoms with Gasteiger partial charge in [-0.05, 0) is 43.7 Å². The lowest BCUT2D eigenvalue weighted by atomic mass is 9.97. The van der Waals surface area contributed by atoms with Gasteiger partial charge in [0.1, 0.15) is 4.90 Å². The van der Waals surface area contributed by atoms with Crippen LogP contribution in [-0.4, -0.2) is 32.4 Å². The fraction of sp³-hybridized carbons (Fsp3) is 0.625. The van der Waals surface area contributed by atoms with E-state index in [9.17, 15) is 8.42 Å². The van der Waals surface area contributed by atoms with Crippen LogP contribution in [0.1, 0.15) is 38.5 Å². The minimum atomic E-state index is -3.40. The van der Waals surface area contributed by atoms with E-state index in [1.54, 1.807) is 23.5 Å². The van der Waals surface area contributed by atoms with E-state index in [-0.39, 0.29) is 6.04 Å². The highest BCUT2D eigenvalue weighted by Crippen LogP contribution is 2.38. The second-order valence-electron chi connectivity index (χ2n) is 6.12. The number of nitrogens with one attached hydrogen (secondary N) is 1. The second-order valence-corrected chi connectivity index (χ2v) is 7.98. The second kappa shape index (κ2) is 5.97. The monoisotopic (exact) mass is 308 g/mol. The molecule has 1 saturated carbocycles. The summed E-state index contributed by atoms with van der Waals surface area (Å²) in [6.45, 7) is 0.668. The molecule has 1 aromatic rings. The van der Waals surface area contributed by atoms with Crippen molar-refractivity contribution in [2.24, 2.45) is 5.92 Å². The largest absolute Gasteiger partial charge is 0.387 e. The van der Waals surface area contributed by atoms with Crippen LogP contribution in [0.4, 0.5) is 5.69 Å². The summed E-state index contributed by atoms with van der Waals surface area (Å²) >= 11 is 0. The highest BCUT2D eigenvalue weighted by molar-refractivity contribution is 7.89. The molecule has 5 heteroatoms. The number of benzene rings is 1. The topological polar surface area (TPSA) is 49.4 Å². The highest BCUT2D eigenvalue weighted by Gasteiger charge is 2.40. The Labute approximate surface area is 127 Å². The summed E-state index contributed by atoms with van der Waals surface area (Å²) in [5, 5.41) is 3.00. The summed E-state index contributed by atoms with van der Waals surface area (Å²) in [7, 11) is -1.63. The van der Waals surface area contributed by atoms with Crippen LogP contribution < -0.4 is 5.32 Å². The van der Waals surface area contributed by atoms with Gasteiger partial charge in [-0.1, -0.05) is 25.0 Å². The molecule has 2 fully saturated rings. The third-order valence-electron chi connectivity index (χ3n) is 4.94. The molecule has 2 aliphatic rings. The maximum Gasteiger partial charge on any atom is 0.245 e. The van der Waals surface area contributed by atoms with Crippen molar-refractivity contribution < 1.29 is 8.42 Å². The van der Waals surface area contributed by atoms with Crippen LogP contribution >= 0.6 is 0 Å². The third-order valence-corrected chi connectivity index (χ3v) is 6.92. The number of sulfonamides is 1. The smallest absolute Gasteiger partial charge is 0.245 e. The molecule has 0 bridgehead atoms. The molecule has 4 nitrogen and oxygen atoms in total. The number of rotatable bonds is 4. The minimum Gasteiger partial charge on any atom is -0.387 e. The van der Waals surface area contributed by atoms with E-state index in [0.29, 0.717) is 23.0 Å². The molecular formula is C16H24N2O2S. The zero-order chi connectivity index (χ0) is 14.9. The maximum absolute atomic E-state index is 13.1. The fourth-order valence-corrected chi connectivity index (χ4v) is 5.86. The zero-order valence-corrected chi connectivity index (χ0v) is 13.4. The molecule has 1 aliphatic carbocycles. The summed E-state index contributed by atoms with van der Waals surface area (Å²) < 4.78 is 27.9. The van der Waals surface area contributed by atoms with Crippen LogP contribution in [0.25, 0.3) is 0 Å². The van der Waals surface area contributed by atoms with E-state index in [2.05, 4.69) is 5.32 Å². The third kappa shape index (κ3) is 2.69. The predicted molar refractivity (Wildman–Crippen MR) is 84.9 cm³/mol. The molecule has 1 unspecified atom stereocenters. The SMILES string of the molecule is CNc1ccccc1S(=O)(=O)N1CCCC1C1CCCC1. The van der Waals surface area contributed by atoms with E-state index < -0.39 is 10.0 Å². The Kier molecular flexibility index (Phi) is 4.22. The normalized spacial score (nSPS) is 24.5. The van der Waals surface area contributed by atoms with Gasteiger partial charge < -0.3 is 5.32 Å². The van der Waals surface area contributed by atoms with Crippen LogP contribution in [-0.2, 0) is 10.0 Å². The molecule has 1 aromatic carbocycles. The first kappa shape index (κ1) is 14.9. The maximum atomic E-state index is 13.1. The van der Waals surface area contributed by atoms with Gasteiger partial charge in [0.05, 0.1) is 5.69 Å². The van der Waals surface area contributed by atoms with Crippen molar-refractivity contribution in [2.75, 3.05) is 18.9 Å². The Balaban J connectivity index is 1.93. The first-order valence-electron chi connectivity index (χ1n) is 7.93. The Morgan fingerprint density at radius 3 is 2.52 bits per heavy atom. The summed E-state index contributed by atoms with van der Waals surface area (Å²) in [6, 6.07) is 7.42. The Morgan fingerprint density at radius 2 is 1.81 bits per heavy atom. The van der Waals surface area contributed by atoms with Gasteiger partial charge in [0.2, 0.25) is 10.0 Å². The van der Waals surface area contributed by atoms with E-state index in [1.165, 1.54) is 25.7 Å². The average molecular weight is 308 g/mol. The number of para-hydroxylation sites is 1. The summed E-state index contributed by atoms with van der Waals surface area (Å²) in [5.74, 6) is 0.559. The first-order chi connectivity index (χ1) is 10.1. The summed E-state index contributed by atoms with van der Waals surface area (Å²) in [6.07, 6.45) is 6.88. The van der Waals surface area contributed by atoms with Crippen molar-refractivity contribution in [3.63, 3.8) is 0 Å². The molecule has 0 aromatic heterocycles. The fourth-order valence-electron chi connectivity index (χ4n) is 3.90. The molecular weight excluding hydrogens is 284 g/mol. The number of hydrogen-bond donors (Lipinski definition) is 1. The number of nitrogens with zero attached hydrogens (tertiary/aromatic N) is 1. The van der Waals surface area contributed by atoms with Crippen molar-refractivity contribution in [1.82, 2.24) is 4.31 Å². The van der Waals surface area contributed by atoms with Crippen LogP contribution in [0.5, 0.6) is 0 Å². The molecule has 0 amide bonds. The molecule has 1 atom stereocenters. The summed E-state index contributed by atoms with van der Waals surface area (Å²) in [5.41, 5.74) is 0.689. The van der Waals surface area contributed by atoms with Crippen LogP contribution in [0.15, 0.2) is 29.2 Å². The van der Waals surface area contributed by atoms with Gasteiger partial charge in [-0.15, -0.1) is 0 Å². The van der Waals surface area contributed by atoms with Gasteiger partial charge in [-0.3, -0.25) is 0 Å². The molecule has 1 saturated heterocycles. The standard InChI is InChI=1S/C16H24N2O2S/c1-17-14-9-4-5-11-16(14)21(19,20)18-12-6-10-15(18)13-7-2-3-8-13/h4-5,9,11,13,15,17H,2-3,6-8,10,12H2,1H3. The van der Waals surface area contributed by atoms with Gasteiger partial charge in [-0.25, -0.2) is 8.42 Å². The Hall–Kier alpha value is -1.07. The first-order valence-corrected chi connectivity index (χ1v) is 9.37. The van der Waals surface area contributed by atoms with Gasteiger partial charge in [0.15, 0.2) is 0 Å². The van der Waals surface area contributed by atoms with Gasteiger partial charge in [0.25, 0.3) is 0 Å². The lowest BCUT2D eigenvalue weighted by Gasteiger charge is -2.29. The molecule has 1 heterocycles. The highest BCUT2D eigenvalue weighted by atomic mass is 32.2. The molecule has 21 heavy (non-hydrogen) atoms. The van der Waals surface area contributed by atoms with E-state index in [0.717, 1.165) is 12.8 Å². The molecule has 116 valence electrons. The van der Waals surface area contributed by atoms with Crippen LogP contribution in [0.3, 0.4) is 0 Å². The molecule has 1 aliphatic heterocycles. The van der Waals surface area contributed by atoms with Crippen molar-refractivity contribution >= 4 is 15.7 Å². The van der Waals surface area contributed by atoms with Gasteiger partial charge >= 0.3 is 0 Å². The number of anilines is 1. The van der Waals surface area contributed by atoms with Gasteiger partial charge in [-0.2, -0.15) is 4.31 Å². The molecule has 0 radical (unpaired) electrons. The van der Waals surface area contributed by atoms with Crippen molar-refractivity contribution in [3.8, 4) is 0 Å². The molecule has 0 spiro atoms. The van der Waals surface area contributed by atoms with E-state index in [4.69, 9.17) is 0 Å². The van der Waals surface area contributed by atoms with Crippen LogP contribution in [0, 0.1) is 5.92 Å². The summed E-state index contributed by atoms with van der Waals surface area (Å²) in [4.78, 5) is 0.414. The number of hydrogen-bond acceptors (Lipinski definition) is 3. The zero-order valence-electron chi connectivity index (χ0n) is 12.6. The van der Waals surface area contributed by atoms with Crippen molar-refractivity contribution in [3.05, 3.63) is 24.3 Å². The van der Waals surface area contributed by atoms with Crippen molar-refractivity contribution in [1.29, 1.82) is 0 Å². The lowest BCUT2D eigenvalue weighted by Crippen LogP contribution is -2.39. The molecule has 1 N–H and O–H groups in total. The minimum absolute atomic E-state index is 0.211. The van der Waals surface area contributed by atoms with Crippen LogP contribution in [0.2, 0.25) is 0 Å². The Morgan fingerprint density at radius 1 is 1.10 bits per heavy atom. The van der Waals surface area contributed by atoms with E-state index in [1.807, 2.05) is 12.1 Å². The van der Waals surface area contributed by atoms with E-state index >= 15 is 0 Å². The van der Waals surface area contributed by atoms with Gasteiger partial charge in [0, 0.05) is 19.6 Å².